The van der Waals surface area contributed by atoms with Gasteiger partial charge < -0.3 is 10.5 Å². The maximum absolute atomic E-state index is 6.49. The van der Waals surface area contributed by atoms with Gasteiger partial charge in [0, 0.05) is 12.2 Å². The van der Waals surface area contributed by atoms with E-state index < -0.39 is 0 Å². The normalized spacial score (nSPS) is 30.5. The molecule has 0 aliphatic heterocycles. The topological polar surface area (TPSA) is 48.1 Å². The van der Waals surface area contributed by atoms with Crippen LogP contribution < -0.4 is 10.5 Å². The first-order valence-corrected chi connectivity index (χ1v) is 7.61. The van der Waals surface area contributed by atoms with E-state index in [1.807, 2.05) is 6.20 Å². The molecule has 0 radical (unpaired) electrons. The molecule has 0 spiro atoms. The van der Waals surface area contributed by atoms with Crippen LogP contribution in [-0.4, -0.2) is 11.6 Å². The van der Waals surface area contributed by atoms with Crippen molar-refractivity contribution in [1.82, 2.24) is 4.98 Å². The molecule has 1 aromatic heterocycles. The highest BCUT2D eigenvalue weighted by Crippen LogP contribution is 2.52. The molecule has 3 nitrogen and oxygen atoms in total. The van der Waals surface area contributed by atoms with E-state index in [2.05, 4.69) is 18.0 Å². The Morgan fingerprint density at radius 2 is 2.26 bits per heavy atom. The molecule has 2 fully saturated rings. The van der Waals surface area contributed by atoms with Crippen LogP contribution in [-0.2, 0) is 0 Å². The van der Waals surface area contributed by atoms with Crippen LogP contribution >= 0.6 is 0 Å². The third kappa shape index (κ3) is 2.62. The second-order valence-corrected chi connectivity index (χ2v) is 6.17. The highest BCUT2D eigenvalue weighted by atomic mass is 16.5. The quantitative estimate of drug-likeness (QED) is 0.883. The minimum atomic E-state index is 0.132. The lowest BCUT2D eigenvalue weighted by Crippen LogP contribution is -2.26. The van der Waals surface area contributed by atoms with E-state index in [-0.39, 0.29) is 6.04 Å². The smallest absolute Gasteiger partial charge is 0.137 e. The summed E-state index contributed by atoms with van der Waals surface area (Å²) in [4.78, 5) is 4.29. The van der Waals surface area contributed by atoms with Crippen molar-refractivity contribution in [3.8, 4) is 5.75 Å². The fourth-order valence-corrected chi connectivity index (χ4v) is 3.90. The standard InChI is InChI=1S/C16H24N2O/c1-2-5-19-14-8-13(9-18-10-14)16(17)15-7-11-3-4-12(15)6-11/h8-12,15-16H,2-7,17H2,1H3. The van der Waals surface area contributed by atoms with Crippen LogP contribution in [0.1, 0.15) is 50.6 Å². The Morgan fingerprint density at radius 1 is 1.37 bits per heavy atom. The van der Waals surface area contributed by atoms with E-state index in [1.54, 1.807) is 6.20 Å². The van der Waals surface area contributed by atoms with Crippen molar-refractivity contribution in [1.29, 1.82) is 0 Å². The van der Waals surface area contributed by atoms with Gasteiger partial charge in [0.25, 0.3) is 0 Å². The summed E-state index contributed by atoms with van der Waals surface area (Å²) in [6.45, 7) is 2.85. The molecule has 104 valence electrons. The molecule has 2 aliphatic rings. The first kappa shape index (κ1) is 12.9. The van der Waals surface area contributed by atoms with Gasteiger partial charge >= 0.3 is 0 Å². The van der Waals surface area contributed by atoms with Crippen molar-refractivity contribution in [2.75, 3.05) is 6.61 Å². The molecule has 1 aromatic rings. The predicted octanol–water partition coefficient (Wildman–Crippen LogP) is 3.31. The highest BCUT2D eigenvalue weighted by molar-refractivity contribution is 5.26. The summed E-state index contributed by atoms with van der Waals surface area (Å²) in [5.41, 5.74) is 7.63. The van der Waals surface area contributed by atoms with Gasteiger partial charge in [-0.05, 0) is 55.1 Å². The summed E-state index contributed by atoms with van der Waals surface area (Å²) in [5, 5.41) is 0. The fourth-order valence-electron chi connectivity index (χ4n) is 3.90. The molecule has 2 aliphatic carbocycles. The van der Waals surface area contributed by atoms with Gasteiger partial charge in [-0.15, -0.1) is 0 Å². The molecule has 2 bridgehead atoms. The Morgan fingerprint density at radius 3 is 2.95 bits per heavy atom. The second-order valence-electron chi connectivity index (χ2n) is 6.17. The Bertz CT molecular complexity index is 435. The molecule has 2 saturated carbocycles. The summed E-state index contributed by atoms with van der Waals surface area (Å²) < 4.78 is 5.65. The largest absolute Gasteiger partial charge is 0.492 e. The van der Waals surface area contributed by atoms with Crippen LogP contribution in [0.25, 0.3) is 0 Å². The van der Waals surface area contributed by atoms with Crippen molar-refractivity contribution in [2.24, 2.45) is 23.5 Å². The molecule has 4 atom stereocenters. The van der Waals surface area contributed by atoms with E-state index in [9.17, 15) is 0 Å². The maximum atomic E-state index is 6.49. The van der Waals surface area contributed by atoms with E-state index in [4.69, 9.17) is 10.5 Å². The summed E-state index contributed by atoms with van der Waals surface area (Å²) >= 11 is 0. The first-order valence-electron chi connectivity index (χ1n) is 7.61. The van der Waals surface area contributed by atoms with Crippen molar-refractivity contribution in [3.63, 3.8) is 0 Å². The lowest BCUT2D eigenvalue weighted by Gasteiger charge is -2.28. The lowest BCUT2D eigenvalue weighted by molar-refractivity contribution is 0.282. The Kier molecular flexibility index (Phi) is 3.74. The van der Waals surface area contributed by atoms with E-state index in [1.165, 1.54) is 25.7 Å². The molecule has 1 heterocycles. The Labute approximate surface area is 115 Å². The first-order chi connectivity index (χ1) is 9.28. The van der Waals surface area contributed by atoms with Gasteiger partial charge in [0.2, 0.25) is 0 Å². The minimum Gasteiger partial charge on any atom is -0.492 e. The molecular formula is C16H24N2O. The lowest BCUT2D eigenvalue weighted by atomic mass is 9.81. The Balaban J connectivity index is 1.70. The molecule has 0 aromatic carbocycles. The van der Waals surface area contributed by atoms with Gasteiger partial charge in [0.05, 0.1) is 12.8 Å². The molecular weight excluding hydrogens is 236 g/mol. The SMILES string of the molecule is CCCOc1cncc(C(N)C2CC3CCC2C3)c1. The molecule has 3 rings (SSSR count). The predicted molar refractivity (Wildman–Crippen MR) is 75.9 cm³/mol. The third-order valence-corrected chi connectivity index (χ3v) is 4.85. The number of aromatic nitrogens is 1. The van der Waals surface area contributed by atoms with Crippen LogP contribution in [0, 0.1) is 17.8 Å². The molecule has 0 saturated heterocycles. The second kappa shape index (κ2) is 5.49. The molecule has 3 heteroatoms. The number of nitrogens with two attached hydrogens (primary N) is 1. The summed E-state index contributed by atoms with van der Waals surface area (Å²) in [7, 11) is 0. The van der Waals surface area contributed by atoms with Crippen molar-refractivity contribution in [2.45, 2.75) is 45.1 Å². The highest BCUT2D eigenvalue weighted by Gasteiger charge is 2.42. The van der Waals surface area contributed by atoms with Gasteiger partial charge in [-0.25, -0.2) is 0 Å². The van der Waals surface area contributed by atoms with Crippen LogP contribution in [0.3, 0.4) is 0 Å². The minimum absolute atomic E-state index is 0.132. The van der Waals surface area contributed by atoms with Gasteiger partial charge in [0.15, 0.2) is 0 Å². The number of rotatable bonds is 5. The number of pyridine rings is 1. The van der Waals surface area contributed by atoms with Crippen LogP contribution in [0.2, 0.25) is 0 Å². The zero-order valence-corrected chi connectivity index (χ0v) is 11.7. The Hall–Kier alpha value is -1.09. The fraction of sp³-hybridized carbons (Fsp3) is 0.688. The van der Waals surface area contributed by atoms with E-state index >= 15 is 0 Å². The van der Waals surface area contributed by atoms with Crippen LogP contribution in [0.5, 0.6) is 5.75 Å². The van der Waals surface area contributed by atoms with E-state index in [0.717, 1.165) is 36.2 Å². The number of hydrogen-bond donors (Lipinski definition) is 1. The summed E-state index contributed by atoms with van der Waals surface area (Å²) in [5.74, 6) is 3.30. The van der Waals surface area contributed by atoms with Crippen molar-refractivity contribution >= 4 is 0 Å². The molecule has 2 N–H and O–H groups in total. The number of nitrogens with zero attached hydrogens (tertiary/aromatic N) is 1. The van der Waals surface area contributed by atoms with Gasteiger partial charge in [-0.1, -0.05) is 13.3 Å². The van der Waals surface area contributed by atoms with Crippen LogP contribution in [0.4, 0.5) is 0 Å². The van der Waals surface area contributed by atoms with Gasteiger partial charge in [-0.2, -0.15) is 0 Å². The average Bonchev–Trinajstić information content (AvgIpc) is 3.07. The number of ether oxygens (including phenoxy) is 1. The maximum Gasteiger partial charge on any atom is 0.137 e. The average molecular weight is 260 g/mol. The van der Waals surface area contributed by atoms with Crippen LogP contribution in [0.15, 0.2) is 18.5 Å². The van der Waals surface area contributed by atoms with Crippen molar-refractivity contribution in [3.05, 3.63) is 24.0 Å². The monoisotopic (exact) mass is 260 g/mol. The molecule has 19 heavy (non-hydrogen) atoms. The van der Waals surface area contributed by atoms with E-state index in [0.29, 0.717) is 5.92 Å². The molecule has 0 amide bonds. The van der Waals surface area contributed by atoms with Gasteiger partial charge in [0.1, 0.15) is 5.75 Å². The summed E-state index contributed by atoms with van der Waals surface area (Å²) in [6.07, 6.45) is 10.2. The zero-order chi connectivity index (χ0) is 13.2. The van der Waals surface area contributed by atoms with Gasteiger partial charge in [-0.3, -0.25) is 4.98 Å². The number of hydrogen-bond acceptors (Lipinski definition) is 3. The molecule has 4 unspecified atom stereocenters. The third-order valence-electron chi connectivity index (χ3n) is 4.85. The zero-order valence-electron chi connectivity index (χ0n) is 11.7. The number of fused-ring (bicyclic) bond motifs is 2. The van der Waals surface area contributed by atoms with Crippen molar-refractivity contribution < 1.29 is 4.74 Å². The summed E-state index contributed by atoms with van der Waals surface area (Å²) in [6, 6.07) is 2.22.